The number of nitrogens with zero attached hydrogens (tertiary/aromatic N) is 2. The number of hydrogen-bond donors (Lipinski definition) is 1. The Kier molecular flexibility index (Phi) is 1.39. The van der Waals surface area contributed by atoms with Gasteiger partial charge in [-0.15, -0.1) is 0 Å². The molecule has 0 bridgehead atoms. The Morgan fingerprint density at radius 1 is 1.33 bits per heavy atom. The predicted molar refractivity (Wildman–Crippen MR) is 55.9 cm³/mol. The third-order valence-corrected chi connectivity index (χ3v) is 2.49. The number of nitrogens with one attached hydrogen (secondary N) is 1. The molecule has 0 unspecified atom stereocenters. The minimum atomic E-state index is -0.383. The van der Waals surface area contributed by atoms with Gasteiger partial charge < -0.3 is 9.38 Å². The van der Waals surface area contributed by atoms with E-state index in [9.17, 15) is 10.1 Å². The van der Waals surface area contributed by atoms with Crippen LogP contribution in [0, 0.1) is 10.1 Å². The Morgan fingerprint density at radius 3 is 3.00 bits per heavy atom. The van der Waals surface area contributed by atoms with E-state index in [-0.39, 0.29) is 10.6 Å². The minimum absolute atomic E-state index is 0.121. The number of H-pyrrole nitrogens is 1. The fourth-order valence-corrected chi connectivity index (χ4v) is 1.81. The first-order valence-corrected chi connectivity index (χ1v) is 4.48. The molecule has 5 heteroatoms. The van der Waals surface area contributed by atoms with Crippen molar-refractivity contribution in [2.24, 2.45) is 0 Å². The normalized spacial score (nSPS) is 11.2. The lowest BCUT2D eigenvalue weighted by molar-refractivity contribution is -0.384. The highest BCUT2D eigenvalue weighted by Gasteiger charge is 2.09. The van der Waals surface area contributed by atoms with Crippen molar-refractivity contribution in [3.63, 3.8) is 0 Å². The molecule has 3 rings (SSSR count). The maximum absolute atomic E-state index is 10.6. The molecule has 74 valence electrons. The Hall–Kier alpha value is -2.30. The van der Waals surface area contributed by atoms with Crippen LogP contribution in [0.25, 0.3) is 16.6 Å². The van der Waals surface area contributed by atoms with Gasteiger partial charge in [-0.25, -0.2) is 0 Å². The lowest BCUT2D eigenvalue weighted by Gasteiger charge is -1.92. The van der Waals surface area contributed by atoms with E-state index in [0.29, 0.717) is 0 Å². The molecule has 0 aliphatic carbocycles. The van der Waals surface area contributed by atoms with Crippen molar-refractivity contribution in [3.8, 4) is 0 Å². The minimum Gasteiger partial charge on any atom is -0.346 e. The fraction of sp³-hybridized carbons (Fsp3) is 0. The van der Waals surface area contributed by atoms with E-state index in [4.69, 9.17) is 0 Å². The third-order valence-electron chi connectivity index (χ3n) is 2.49. The van der Waals surface area contributed by atoms with Gasteiger partial charge in [0, 0.05) is 29.9 Å². The zero-order valence-electron chi connectivity index (χ0n) is 7.68. The van der Waals surface area contributed by atoms with Crippen LogP contribution in [-0.2, 0) is 0 Å². The molecule has 5 nitrogen and oxygen atoms in total. The summed E-state index contributed by atoms with van der Waals surface area (Å²) in [6, 6.07) is 6.74. The van der Waals surface area contributed by atoms with E-state index in [1.54, 1.807) is 12.1 Å². The van der Waals surface area contributed by atoms with Gasteiger partial charge in [0.15, 0.2) is 0 Å². The van der Waals surface area contributed by atoms with Crippen LogP contribution in [0.1, 0.15) is 0 Å². The van der Waals surface area contributed by atoms with Crippen LogP contribution in [0.15, 0.2) is 36.7 Å². The van der Waals surface area contributed by atoms with Crippen LogP contribution in [0.4, 0.5) is 5.69 Å². The number of rotatable bonds is 1. The maximum Gasteiger partial charge on any atom is 0.270 e. The van der Waals surface area contributed by atoms with Crippen molar-refractivity contribution in [1.82, 2.24) is 9.38 Å². The summed E-state index contributed by atoms with van der Waals surface area (Å²) >= 11 is 0. The molecule has 0 saturated carbocycles. The van der Waals surface area contributed by atoms with Crippen molar-refractivity contribution in [2.75, 3.05) is 0 Å². The van der Waals surface area contributed by atoms with Crippen molar-refractivity contribution >= 4 is 22.2 Å². The van der Waals surface area contributed by atoms with Gasteiger partial charge in [0.25, 0.3) is 5.69 Å². The van der Waals surface area contributed by atoms with Crippen LogP contribution in [0.5, 0.6) is 0 Å². The molecule has 0 amide bonds. The molecule has 0 saturated heterocycles. The molecule has 2 heterocycles. The maximum atomic E-state index is 10.6. The summed E-state index contributed by atoms with van der Waals surface area (Å²) in [6.07, 6.45) is 3.72. The molecule has 15 heavy (non-hydrogen) atoms. The number of aromatic amines is 1. The first-order chi connectivity index (χ1) is 7.25. The summed E-state index contributed by atoms with van der Waals surface area (Å²) in [5, 5.41) is 11.5. The van der Waals surface area contributed by atoms with Gasteiger partial charge in [0.05, 0.1) is 10.4 Å². The molecule has 0 spiro atoms. The second-order valence-corrected chi connectivity index (χ2v) is 3.36. The average molecular weight is 201 g/mol. The van der Waals surface area contributed by atoms with Crippen molar-refractivity contribution in [2.45, 2.75) is 0 Å². The molecular weight excluding hydrogens is 194 g/mol. The number of nitro benzene ring substituents is 1. The summed E-state index contributed by atoms with van der Waals surface area (Å²) < 4.78 is 1.96. The molecule has 2 aromatic heterocycles. The zero-order valence-corrected chi connectivity index (χ0v) is 7.68. The van der Waals surface area contributed by atoms with Gasteiger partial charge in [-0.05, 0) is 12.1 Å². The average Bonchev–Trinajstić information content (AvgIpc) is 2.75. The lowest BCUT2D eigenvalue weighted by atomic mass is 10.2. The third kappa shape index (κ3) is 1.03. The fourth-order valence-electron chi connectivity index (χ4n) is 1.81. The van der Waals surface area contributed by atoms with Crippen LogP contribution < -0.4 is 0 Å². The summed E-state index contributed by atoms with van der Waals surface area (Å²) in [5.41, 5.74) is 2.03. The highest BCUT2D eigenvalue weighted by molar-refractivity contribution is 5.87. The highest BCUT2D eigenvalue weighted by atomic mass is 16.6. The zero-order chi connectivity index (χ0) is 10.4. The molecular formula is C10H7N3O2. The van der Waals surface area contributed by atoms with Gasteiger partial charge in [-0.1, -0.05) is 0 Å². The molecule has 0 atom stereocenters. The van der Waals surface area contributed by atoms with E-state index in [2.05, 4.69) is 4.98 Å². The number of imidazole rings is 1. The first-order valence-electron chi connectivity index (χ1n) is 4.48. The number of nitro groups is 1. The Bertz CT molecular complexity index is 665. The smallest absolute Gasteiger partial charge is 0.270 e. The van der Waals surface area contributed by atoms with Gasteiger partial charge >= 0.3 is 0 Å². The second-order valence-electron chi connectivity index (χ2n) is 3.36. The van der Waals surface area contributed by atoms with Crippen LogP contribution in [-0.4, -0.2) is 14.3 Å². The molecule has 0 aliphatic heterocycles. The summed E-state index contributed by atoms with van der Waals surface area (Å²) in [7, 11) is 0. The number of fused-ring (bicyclic) bond motifs is 3. The molecule has 1 N–H and O–H groups in total. The van der Waals surface area contributed by atoms with E-state index in [1.807, 2.05) is 22.9 Å². The molecule has 3 aromatic rings. The number of hydrogen-bond acceptors (Lipinski definition) is 2. The molecule has 1 aromatic carbocycles. The summed E-state index contributed by atoms with van der Waals surface area (Å²) in [5.74, 6) is 0. The quantitative estimate of drug-likeness (QED) is 0.485. The largest absolute Gasteiger partial charge is 0.346 e. The van der Waals surface area contributed by atoms with E-state index in [1.165, 1.54) is 6.07 Å². The van der Waals surface area contributed by atoms with Crippen molar-refractivity contribution in [3.05, 3.63) is 46.8 Å². The molecule has 0 radical (unpaired) electrons. The summed E-state index contributed by atoms with van der Waals surface area (Å²) in [6.45, 7) is 0. The Morgan fingerprint density at radius 2 is 2.20 bits per heavy atom. The van der Waals surface area contributed by atoms with Gasteiger partial charge in [-0.2, -0.15) is 0 Å². The first kappa shape index (κ1) is 8.05. The van der Waals surface area contributed by atoms with Crippen molar-refractivity contribution < 1.29 is 4.92 Å². The monoisotopic (exact) mass is 201 g/mol. The van der Waals surface area contributed by atoms with Crippen LogP contribution >= 0.6 is 0 Å². The second kappa shape index (κ2) is 2.60. The topological polar surface area (TPSA) is 63.3 Å². The Labute approximate surface area is 84.1 Å². The van der Waals surface area contributed by atoms with Crippen molar-refractivity contribution in [1.29, 1.82) is 0 Å². The lowest BCUT2D eigenvalue weighted by Crippen LogP contribution is -1.86. The number of non-ortho nitro benzene ring substituents is 1. The van der Waals surface area contributed by atoms with Crippen LogP contribution in [0.2, 0.25) is 0 Å². The number of aromatic nitrogens is 2. The highest BCUT2D eigenvalue weighted by Crippen LogP contribution is 2.23. The van der Waals surface area contributed by atoms with Gasteiger partial charge in [-0.3, -0.25) is 10.1 Å². The Balaban J connectivity index is 2.40. The summed E-state index contributed by atoms with van der Waals surface area (Å²) in [4.78, 5) is 13.3. The standard InChI is InChI=1S/C10H7N3O2/c14-13(15)8-1-2-9-7(5-8)6-10-11-3-4-12(9)10/h1-6,11H. The van der Waals surface area contributed by atoms with Gasteiger partial charge in [0.2, 0.25) is 0 Å². The van der Waals surface area contributed by atoms with Gasteiger partial charge in [0.1, 0.15) is 5.65 Å². The SMILES string of the molecule is O=[N+]([O-])c1ccc2c(c1)cc1[nH]ccn12. The van der Waals surface area contributed by atoms with E-state index in [0.717, 1.165) is 16.6 Å². The number of benzene rings is 1. The molecule has 0 fully saturated rings. The molecule has 0 aliphatic rings. The van der Waals surface area contributed by atoms with E-state index >= 15 is 0 Å². The van der Waals surface area contributed by atoms with Crippen LogP contribution in [0.3, 0.4) is 0 Å². The van der Waals surface area contributed by atoms with E-state index < -0.39 is 0 Å². The predicted octanol–water partition coefficient (Wildman–Crippen LogP) is 2.33.